The fourth-order valence-electron chi connectivity index (χ4n) is 4.22. The van der Waals surface area contributed by atoms with E-state index < -0.39 is 17.6 Å². The van der Waals surface area contributed by atoms with Gasteiger partial charge in [-0.25, -0.2) is 4.98 Å². The van der Waals surface area contributed by atoms with Crippen molar-refractivity contribution in [3.05, 3.63) is 75.9 Å². The third-order valence-corrected chi connectivity index (χ3v) is 5.50. The smallest absolute Gasteiger partial charge is 0.250 e. The molecule has 30 heavy (non-hydrogen) atoms. The molecule has 2 heterocycles. The van der Waals surface area contributed by atoms with Gasteiger partial charge in [0.15, 0.2) is 11.7 Å². The van der Waals surface area contributed by atoms with Crippen LogP contribution in [-0.2, 0) is 9.59 Å². The molecule has 0 radical (unpaired) electrons. The summed E-state index contributed by atoms with van der Waals surface area (Å²) in [5.41, 5.74) is 4.86. The fourth-order valence-corrected chi connectivity index (χ4v) is 4.22. The summed E-state index contributed by atoms with van der Waals surface area (Å²) in [4.78, 5) is 30.1. The van der Waals surface area contributed by atoms with Crippen molar-refractivity contribution in [2.24, 2.45) is 16.1 Å². The number of fused-ring (bicyclic) bond motifs is 2. The lowest BCUT2D eigenvalue weighted by molar-refractivity contribution is -0.125. The highest BCUT2D eigenvalue weighted by Gasteiger charge is 2.35. The number of amides is 1. The van der Waals surface area contributed by atoms with Crippen molar-refractivity contribution >= 4 is 34.4 Å². The maximum absolute atomic E-state index is 13.4. The molecular formula is C23H15N5O2. The Hall–Kier alpha value is -4.18. The number of rotatable bonds is 4. The minimum atomic E-state index is -1.47. The quantitative estimate of drug-likeness (QED) is 0.804. The zero-order valence-corrected chi connectivity index (χ0v) is 16.0. The van der Waals surface area contributed by atoms with Crippen molar-refractivity contribution in [3.63, 3.8) is 0 Å². The van der Waals surface area contributed by atoms with Gasteiger partial charge >= 0.3 is 0 Å². The second kappa shape index (κ2) is 6.71. The number of allylic oxidation sites excluding steroid dienone is 2. The van der Waals surface area contributed by atoms with Gasteiger partial charge in [0.25, 0.3) is 5.91 Å². The molecule has 144 valence electrons. The Kier molecular flexibility index (Phi) is 4.00. The van der Waals surface area contributed by atoms with Crippen LogP contribution in [0, 0.1) is 17.2 Å². The van der Waals surface area contributed by atoms with Crippen molar-refractivity contribution in [2.45, 2.75) is 13.3 Å². The van der Waals surface area contributed by atoms with Crippen LogP contribution in [0.5, 0.6) is 0 Å². The zero-order chi connectivity index (χ0) is 20.8. The van der Waals surface area contributed by atoms with Crippen molar-refractivity contribution in [1.29, 1.82) is 5.26 Å². The van der Waals surface area contributed by atoms with E-state index in [2.05, 4.69) is 20.5 Å². The third kappa shape index (κ3) is 2.54. The van der Waals surface area contributed by atoms with Crippen LogP contribution >= 0.6 is 0 Å². The lowest BCUT2D eigenvalue weighted by Gasteiger charge is -2.20. The van der Waals surface area contributed by atoms with Crippen LogP contribution in [0.3, 0.4) is 0 Å². The molecule has 5 rings (SSSR count). The van der Waals surface area contributed by atoms with E-state index in [1.54, 1.807) is 24.4 Å². The Labute approximate surface area is 171 Å². The molecule has 0 fully saturated rings. The Bertz CT molecular complexity index is 1390. The molecular weight excluding hydrogens is 378 g/mol. The Morgan fingerprint density at radius 3 is 2.83 bits per heavy atom. The summed E-state index contributed by atoms with van der Waals surface area (Å²) in [6.07, 6.45) is 3.82. The Morgan fingerprint density at radius 2 is 2.07 bits per heavy atom. The number of aromatic nitrogens is 1. The van der Waals surface area contributed by atoms with Gasteiger partial charge in [0, 0.05) is 22.6 Å². The summed E-state index contributed by atoms with van der Waals surface area (Å²) >= 11 is 0. The number of anilines is 1. The molecule has 0 saturated carbocycles. The number of pyridine rings is 1. The number of benzene rings is 1. The van der Waals surface area contributed by atoms with E-state index in [4.69, 9.17) is 0 Å². The molecule has 1 aromatic heterocycles. The molecule has 7 heteroatoms. The molecule has 2 aliphatic carbocycles. The van der Waals surface area contributed by atoms with Crippen molar-refractivity contribution in [1.82, 2.24) is 4.98 Å². The first-order valence-electron chi connectivity index (χ1n) is 9.44. The molecule has 1 atom stereocenters. The van der Waals surface area contributed by atoms with Crippen molar-refractivity contribution in [3.8, 4) is 6.07 Å². The lowest BCUT2D eigenvalue weighted by atomic mass is 9.82. The molecule has 1 aliphatic heterocycles. The van der Waals surface area contributed by atoms with Crippen LogP contribution < -0.4 is 15.8 Å². The van der Waals surface area contributed by atoms with E-state index in [-0.39, 0.29) is 0 Å². The van der Waals surface area contributed by atoms with Crippen molar-refractivity contribution < 1.29 is 9.59 Å². The summed E-state index contributed by atoms with van der Waals surface area (Å²) in [6, 6.07) is 12.6. The maximum Gasteiger partial charge on any atom is 0.250 e. The Balaban J connectivity index is 1.57. The SMILES string of the molecule is CC1=C(C(=O)C(C#N)C(=O)Nc2ccccn2)c2cccc3c2=C(C1)C1=CN=NC=31. The van der Waals surface area contributed by atoms with E-state index in [1.165, 1.54) is 6.20 Å². The first-order chi connectivity index (χ1) is 14.6. The number of hydrogen-bond acceptors (Lipinski definition) is 6. The number of Topliss-reactive ketones (excluding diaryl/α,β-unsaturated/α-hetero) is 1. The molecule has 0 spiro atoms. The number of carbonyl (C=O) groups excluding carboxylic acids is 2. The Morgan fingerprint density at radius 1 is 1.20 bits per heavy atom. The molecule has 3 aliphatic rings. The van der Waals surface area contributed by atoms with Crippen LogP contribution in [-0.4, -0.2) is 16.7 Å². The average molecular weight is 393 g/mol. The van der Waals surface area contributed by atoms with E-state index in [0.29, 0.717) is 17.8 Å². The van der Waals surface area contributed by atoms with E-state index >= 15 is 0 Å². The number of carbonyl (C=O) groups is 2. The summed E-state index contributed by atoms with van der Waals surface area (Å²) in [5.74, 6) is -2.37. The van der Waals surface area contributed by atoms with Gasteiger partial charge < -0.3 is 5.32 Å². The first kappa shape index (κ1) is 17.9. The largest absolute Gasteiger partial charge is 0.309 e. The minimum absolute atomic E-state index is 0.294. The molecule has 2 aromatic rings. The van der Waals surface area contributed by atoms with E-state index in [0.717, 1.165) is 38.4 Å². The standard InChI is InChI=1S/C23H15N5O2/c1-12-9-15-17-11-26-28-21(17)14-6-4-5-13(20(14)15)19(12)22(29)16(10-24)23(30)27-18-7-2-3-8-25-18/h2-8,11,16H,9H2,1H3,(H,25,27,30). The normalized spacial score (nSPS) is 16.6. The summed E-state index contributed by atoms with van der Waals surface area (Å²) < 4.78 is 0. The van der Waals surface area contributed by atoms with Gasteiger partial charge in [-0.15, -0.1) is 5.11 Å². The average Bonchev–Trinajstić information content (AvgIpc) is 3.33. The third-order valence-electron chi connectivity index (χ3n) is 5.50. The van der Waals surface area contributed by atoms with E-state index in [9.17, 15) is 14.9 Å². The van der Waals surface area contributed by atoms with Gasteiger partial charge in [-0.05, 0) is 41.8 Å². The predicted octanol–water partition coefficient (Wildman–Crippen LogP) is 2.23. The molecule has 1 amide bonds. The van der Waals surface area contributed by atoms with Crippen LogP contribution in [0.25, 0.3) is 16.8 Å². The highest BCUT2D eigenvalue weighted by atomic mass is 16.2. The summed E-state index contributed by atoms with van der Waals surface area (Å²) in [6.45, 7) is 1.86. The zero-order valence-electron chi connectivity index (χ0n) is 16.0. The predicted molar refractivity (Wildman–Crippen MR) is 110 cm³/mol. The minimum Gasteiger partial charge on any atom is -0.309 e. The number of hydrogen-bond donors (Lipinski definition) is 1. The van der Waals surface area contributed by atoms with Gasteiger partial charge in [0.2, 0.25) is 0 Å². The van der Waals surface area contributed by atoms with Gasteiger partial charge in [-0.3, -0.25) is 9.59 Å². The van der Waals surface area contributed by atoms with Crippen LogP contribution in [0.4, 0.5) is 5.82 Å². The van der Waals surface area contributed by atoms with Gasteiger partial charge in [0.05, 0.1) is 12.3 Å². The first-order valence-corrected chi connectivity index (χ1v) is 9.44. The molecule has 1 aromatic carbocycles. The fraction of sp³-hybridized carbons (Fsp3) is 0.130. The molecule has 1 unspecified atom stereocenters. The van der Waals surface area contributed by atoms with Gasteiger partial charge in [-0.1, -0.05) is 29.8 Å². The second-order valence-corrected chi connectivity index (χ2v) is 7.28. The summed E-state index contributed by atoms with van der Waals surface area (Å²) in [7, 11) is 0. The highest BCUT2D eigenvalue weighted by molar-refractivity contribution is 6.30. The number of nitriles is 1. The summed E-state index contributed by atoms with van der Waals surface area (Å²) in [5, 5.41) is 22.3. The van der Waals surface area contributed by atoms with Gasteiger partial charge in [-0.2, -0.15) is 10.4 Å². The maximum atomic E-state index is 13.4. The highest BCUT2D eigenvalue weighted by Crippen LogP contribution is 2.38. The molecule has 1 N–H and O–H groups in total. The number of nitrogens with zero attached hydrogens (tertiary/aromatic N) is 4. The number of azo groups is 1. The number of nitrogens with one attached hydrogen (secondary N) is 1. The van der Waals surface area contributed by atoms with Crippen LogP contribution in [0.1, 0.15) is 18.9 Å². The topological polar surface area (TPSA) is 108 Å². The molecule has 0 bridgehead atoms. The van der Waals surface area contributed by atoms with Gasteiger partial charge in [0.1, 0.15) is 11.5 Å². The molecule has 7 nitrogen and oxygen atoms in total. The molecule has 0 saturated heterocycles. The van der Waals surface area contributed by atoms with E-state index in [1.807, 2.05) is 31.2 Å². The second-order valence-electron chi connectivity index (χ2n) is 7.28. The van der Waals surface area contributed by atoms with Crippen LogP contribution in [0.15, 0.2) is 70.2 Å². The van der Waals surface area contributed by atoms with Crippen LogP contribution in [0.2, 0.25) is 0 Å². The lowest BCUT2D eigenvalue weighted by Crippen LogP contribution is -2.35. The number of ketones is 1. The monoisotopic (exact) mass is 393 g/mol. The van der Waals surface area contributed by atoms with Crippen molar-refractivity contribution in [2.75, 3.05) is 5.32 Å².